The van der Waals surface area contributed by atoms with Gasteiger partial charge >= 0.3 is 16.9 Å². The third-order valence-corrected chi connectivity index (χ3v) is 4.47. The van der Waals surface area contributed by atoms with Gasteiger partial charge in [-0.3, -0.25) is 19.9 Å². The molecule has 3 aromatic rings. The van der Waals surface area contributed by atoms with Crippen LogP contribution in [0.15, 0.2) is 52.1 Å². The van der Waals surface area contributed by atoms with E-state index in [4.69, 9.17) is 21.1 Å². The maximum atomic E-state index is 11.7. The van der Waals surface area contributed by atoms with Crippen LogP contribution >= 0.6 is 11.6 Å². The van der Waals surface area contributed by atoms with Gasteiger partial charge in [-0.25, -0.2) is 4.79 Å². The first-order valence-electron chi connectivity index (χ1n) is 8.62. The van der Waals surface area contributed by atoms with Crippen molar-refractivity contribution in [1.29, 1.82) is 0 Å². The van der Waals surface area contributed by atoms with E-state index >= 15 is 0 Å². The van der Waals surface area contributed by atoms with Gasteiger partial charge < -0.3 is 14.5 Å². The summed E-state index contributed by atoms with van der Waals surface area (Å²) in [7, 11) is 1.50. The van der Waals surface area contributed by atoms with E-state index in [2.05, 4.69) is 4.98 Å². The third kappa shape index (κ3) is 4.76. The Kier molecular flexibility index (Phi) is 6.33. The fourth-order valence-corrected chi connectivity index (χ4v) is 2.85. The molecule has 30 heavy (non-hydrogen) atoms. The van der Waals surface area contributed by atoms with Gasteiger partial charge in [-0.1, -0.05) is 41.9 Å². The number of aromatic amines is 2. The van der Waals surface area contributed by atoms with Crippen molar-refractivity contribution >= 4 is 29.4 Å². The van der Waals surface area contributed by atoms with Crippen LogP contribution < -0.4 is 20.7 Å². The van der Waals surface area contributed by atoms with Crippen LogP contribution in [0.2, 0.25) is 5.02 Å². The molecule has 0 amide bonds. The summed E-state index contributed by atoms with van der Waals surface area (Å²) < 4.78 is 11.1. The Hall–Kier alpha value is -3.85. The summed E-state index contributed by atoms with van der Waals surface area (Å²) in [5.74, 6) is 0.906. The van der Waals surface area contributed by atoms with Gasteiger partial charge in [-0.05, 0) is 29.8 Å². The van der Waals surface area contributed by atoms with Gasteiger partial charge in [0.15, 0.2) is 11.5 Å². The Morgan fingerprint density at radius 3 is 2.57 bits per heavy atom. The van der Waals surface area contributed by atoms with Crippen LogP contribution in [-0.4, -0.2) is 22.0 Å². The minimum absolute atomic E-state index is 0.204. The average molecular weight is 430 g/mol. The molecule has 3 rings (SSSR count). The molecule has 154 valence electrons. The summed E-state index contributed by atoms with van der Waals surface area (Å²) in [4.78, 5) is 37.5. The number of halogens is 1. The summed E-state index contributed by atoms with van der Waals surface area (Å²) in [6, 6.07) is 12.3. The molecule has 0 radical (unpaired) electrons. The predicted molar refractivity (Wildman–Crippen MR) is 112 cm³/mol. The molecule has 10 heteroatoms. The van der Waals surface area contributed by atoms with Crippen LogP contribution in [0.1, 0.15) is 16.8 Å². The Morgan fingerprint density at radius 1 is 1.10 bits per heavy atom. The lowest BCUT2D eigenvalue weighted by Gasteiger charge is -2.12. The van der Waals surface area contributed by atoms with E-state index in [1.165, 1.54) is 19.3 Å². The molecule has 0 fully saturated rings. The number of nitrogens with one attached hydrogen (secondary N) is 2. The van der Waals surface area contributed by atoms with Crippen LogP contribution in [0.4, 0.5) is 5.69 Å². The zero-order valence-electron chi connectivity index (χ0n) is 15.7. The number of nitro groups is 1. The Labute approximate surface area is 174 Å². The standard InChI is InChI=1S/C20H16ClN3O6/c1-29-16-9-7-12(10-17(16)30-11-13-4-2-3-5-14(13)21)6-8-15-18(24(27)28)19(25)23-20(26)22-15/h2-10H,11H2,1H3,(H2,22,23,25,26). The fraction of sp³-hybridized carbons (Fsp3) is 0.100. The summed E-state index contributed by atoms with van der Waals surface area (Å²) in [5.41, 5.74) is -1.51. The van der Waals surface area contributed by atoms with E-state index in [-0.39, 0.29) is 12.3 Å². The Morgan fingerprint density at radius 2 is 1.87 bits per heavy atom. The van der Waals surface area contributed by atoms with E-state index in [0.717, 1.165) is 5.56 Å². The van der Waals surface area contributed by atoms with Crippen molar-refractivity contribution in [3.63, 3.8) is 0 Å². The van der Waals surface area contributed by atoms with E-state index < -0.39 is 21.9 Å². The van der Waals surface area contributed by atoms with E-state index in [1.807, 2.05) is 23.2 Å². The molecular formula is C20H16ClN3O6. The predicted octanol–water partition coefficient (Wildman–Crippen LogP) is 3.38. The normalized spacial score (nSPS) is 10.9. The molecule has 0 aliphatic rings. The van der Waals surface area contributed by atoms with Crippen molar-refractivity contribution in [1.82, 2.24) is 9.97 Å². The second-order valence-corrected chi connectivity index (χ2v) is 6.46. The second kappa shape index (κ2) is 9.10. The molecule has 0 atom stereocenters. The third-order valence-electron chi connectivity index (χ3n) is 4.10. The number of hydrogen-bond donors (Lipinski definition) is 2. The van der Waals surface area contributed by atoms with Crippen LogP contribution in [0.5, 0.6) is 11.5 Å². The number of hydrogen-bond acceptors (Lipinski definition) is 6. The molecule has 0 saturated heterocycles. The quantitative estimate of drug-likeness (QED) is 0.437. The summed E-state index contributed by atoms with van der Waals surface area (Å²) in [6.45, 7) is 0.204. The Balaban J connectivity index is 1.90. The maximum Gasteiger partial charge on any atom is 0.357 e. The molecule has 2 aromatic carbocycles. The molecule has 0 unspecified atom stereocenters. The van der Waals surface area contributed by atoms with E-state index in [9.17, 15) is 19.7 Å². The van der Waals surface area contributed by atoms with E-state index in [1.54, 1.807) is 24.3 Å². The minimum atomic E-state index is -1.08. The highest BCUT2D eigenvalue weighted by Crippen LogP contribution is 2.30. The molecule has 0 aliphatic heterocycles. The lowest BCUT2D eigenvalue weighted by Crippen LogP contribution is -2.25. The van der Waals surface area contributed by atoms with Crippen LogP contribution in [-0.2, 0) is 6.61 Å². The summed E-state index contributed by atoms with van der Waals surface area (Å²) >= 11 is 6.14. The summed E-state index contributed by atoms with van der Waals surface area (Å²) in [6.07, 6.45) is 2.77. The average Bonchev–Trinajstić information content (AvgIpc) is 2.71. The van der Waals surface area contributed by atoms with Crippen LogP contribution in [0.3, 0.4) is 0 Å². The Bertz CT molecular complexity index is 1230. The lowest BCUT2D eigenvalue weighted by atomic mass is 10.1. The summed E-state index contributed by atoms with van der Waals surface area (Å²) in [5, 5.41) is 11.7. The van der Waals surface area contributed by atoms with E-state index in [0.29, 0.717) is 22.1 Å². The van der Waals surface area contributed by atoms with Crippen molar-refractivity contribution < 1.29 is 14.4 Å². The smallest absolute Gasteiger partial charge is 0.357 e. The number of aromatic nitrogens is 2. The monoisotopic (exact) mass is 429 g/mol. The first-order chi connectivity index (χ1) is 14.4. The highest BCUT2D eigenvalue weighted by molar-refractivity contribution is 6.31. The van der Waals surface area contributed by atoms with Gasteiger partial charge in [-0.2, -0.15) is 0 Å². The molecule has 0 spiro atoms. The number of methoxy groups -OCH3 is 1. The molecule has 1 heterocycles. The van der Waals surface area contributed by atoms with Gasteiger partial charge in [-0.15, -0.1) is 0 Å². The molecular weight excluding hydrogens is 414 g/mol. The molecule has 9 nitrogen and oxygen atoms in total. The topological polar surface area (TPSA) is 127 Å². The first kappa shape index (κ1) is 20.9. The highest BCUT2D eigenvalue weighted by Gasteiger charge is 2.18. The fourth-order valence-electron chi connectivity index (χ4n) is 2.66. The number of H-pyrrole nitrogens is 2. The number of rotatable bonds is 7. The first-order valence-corrected chi connectivity index (χ1v) is 9.00. The second-order valence-electron chi connectivity index (χ2n) is 6.05. The van der Waals surface area contributed by atoms with Crippen molar-refractivity contribution in [3.05, 3.63) is 95.3 Å². The zero-order valence-corrected chi connectivity index (χ0v) is 16.4. The van der Waals surface area contributed by atoms with Crippen molar-refractivity contribution in [2.24, 2.45) is 0 Å². The lowest BCUT2D eigenvalue weighted by molar-refractivity contribution is -0.386. The number of ether oxygens (including phenoxy) is 2. The van der Waals surface area contributed by atoms with Crippen molar-refractivity contribution in [3.8, 4) is 11.5 Å². The van der Waals surface area contributed by atoms with Crippen molar-refractivity contribution in [2.75, 3.05) is 7.11 Å². The van der Waals surface area contributed by atoms with Gasteiger partial charge in [0, 0.05) is 10.6 Å². The molecule has 1 aromatic heterocycles. The number of benzene rings is 2. The van der Waals surface area contributed by atoms with Gasteiger partial charge in [0.1, 0.15) is 12.3 Å². The number of nitrogens with zero attached hydrogens (tertiary/aromatic N) is 1. The molecule has 0 saturated carbocycles. The SMILES string of the molecule is COc1ccc(C=Cc2[nH]c(=O)[nH]c(=O)c2[N+](=O)[O-])cc1OCc1ccccc1Cl. The molecule has 0 bridgehead atoms. The van der Waals surface area contributed by atoms with Crippen LogP contribution in [0.25, 0.3) is 12.2 Å². The largest absolute Gasteiger partial charge is 0.493 e. The minimum Gasteiger partial charge on any atom is -0.493 e. The molecule has 2 N–H and O–H groups in total. The van der Waals surface area contributed by atoms with Gasteiger partial charge in [0.05, 0.1) is 12.0 Å². The zero-order chi connectivity index (χ0) is 21.7. The highest BCUT2D eigenvalue weighted by atomic mass is 35.5. The molecule has 0 aliphatic carbocycles. The van der Waals surface area contributed by atoms with Gasteiger partial charge in [0.2, 0.25) is 0 Å². The van der Waals surface area contributed by atoms with Crippen LogP contribution in [0, 0.1) is 10.1 Å². The van der Waals surface area contributed by atoms with Gasteiger partial charge in [0.25, 0.3) is 0 Å². The van der Waals surface area contributed by atoms with Crippen molar-refractivity contribution in [2.45, 2.75) is 6.61 Å². The maximum absolute atomic E-state index is 11.7.